The molecule has 0 aliphatic rings. The standard InChI is InChI=1S/C14H17BrO3/c1-3-10-5-6-11(13(16)7-8-15)12(9-10)14(17)18-4-2/h5-6,9H,3-4,7-8H2,1-2H3. The van der Waals surface area contributed by atoms with Crippen molar-refractivity contribution in [2.24, 2.45) is 0 Å². The molecule has 0 saturated carbocycles. The number of hydrogen-bond acceptors (Lipinski definition) is 3. The van der Waals surface area contributed by atoms with Gasteiger partial charge >= 0.3 is 5.97 Å². The number of ether oxygens (including phenoxy) is 1. The van der Waals surface area contributed by atoms with Crippen LogP contribution in [0.3, 0.4) is 0 Å². The molecule has 0 radical (unpaired) electrons. The quantitative estimate of drug-likeness (QED) is 0.459. The van der Waals surface area contributed by atoms with E-state index in [-0.39, 0.29) is 5.78 Å². The van der Waals surface area contributed by atoms with Crippen molar-refractivity contribution in [2.75, 3.05) is 11.9 Å². The average molecular weight is 313 g/mol. The predicted molar refractivity (Wildman–Crippen MR) is 74.5 cm³/mol. The first-order valence-electron chi connectivity index (χ1n) is 6.03. The van der Waals surface area contributed by atoms with Crippen molar-refractivity contribution in [1.29, 1.82) is 0 Å². The lowest BCUT2D eigenvalue weighted by Crippen LogP contribution is -2.13. The smallest absolute Gasteiger partial charge is 0.338 e. The van der Waals surface area contributed by atoms with Gasteiger partial charge in [-0.05, 0) is 25.0 Å². The lowest BCUT2D eigenvalue weighted by Gasteiger charge is -2.09. The predicted octanol–water partition coefficient (Wildman–Crippen LogP) is 3.39. The Morgan fingerprint density at radius 1 is 1.22 bits per heavy atom. The van der Waals surface area contributed by atoms with Crippen molar-refractivity contribution in [3.63, 3.8) is 0 Å². The van der Waals surface area contributed by atoms with Crippen LogP contribution in [0.4, 0.5) is 0 Å². The maximum absolute atomic E-state index is 11.9. The third kappa shape index (κ3) is 3.67. The molecule has 0 amide bonds. The zero-order valence-electron chi connectivity index (χ0n) is 10.7. The Balaban J connectivity index is 3.15. The minimum Gasteiger partial charge on any atom is -0.462 e. The fourth-order valence-electron chi connectivity index (χ4n) is 1.65. The molecule has 18 heavy (non-hydrogen) atoms. The number of alkyl halides is 1. The first-order chi connectivity index (χ1) is 8.63. The maximum atomic E-state index is 11.9. The zero-order chi connectivity index (χ0) is 13.5. The van der Waals surface area contributed by atoms with E-state index in [0.717, 1.165) is 12.0 Å². The van der Waals surface area contributed by atoms with Crippen LogP contribution >= 0.6 is 15.9 Å². The van der Waals surface area contributed by atoms with Crippen molar-refractivity contribution >= 4 is 27.7 Å². The number of halogens is 1. The number of benzene rings is 1. The molecule has 4 heteroatoms. The maximum Gasteiger partial charge on any atom is 0.338 e. The minimum atomic E-state index is -0.425. The molecule has 0 fully saturated rings. The monoisotopic (exact) mass is 312 g/mol. The van der Waals surface area contributed by atoms with Crippen LogP contribution in [0.25, 0.3) is 0 Å². The molecule has 0 bridgehead atoms. The number of aryl methyl sites for hydroxylation is 1. The lowest BCUT2D eigenvalue weighted by atomic mass is 9.98. The van der Waals surface area contributed by atoms with Crippen LogP contribution in [-0.2, 0) is 11.2 Å². The van der Waals surface area contributed by atoms with Gasteiger partial charge in [0, 0.05) is 17.3 Å². The number of Topliss-reactive ketones (excluding diaryl/α,β-unsaturated/α-hetero) is 1. The normalized spacial score (nSPS) is 10.2. The number of esters is 1. The molecule has 1 rings (SSSR count). The Labute approximate surface area is 116 Å². The summed E-state index contributed by atoms with van der Waals surface area (Å²) >= 11 is 3.23. The second-order valence-corrected chi connectivity index (χ2v) is 4.61. The van der Waals surface area contributed by atoms with Gasteiger partial charge in [0.05, 0.1) is 12.2 Å². The van der Waals surface area contributed by atoms with Gasteiger partial charge in [-0.15, -0.1) is 0 Å². The molecule has 0 aliphatic heterocycles. The molecule has 0 aliphatic carbocycles. The molecular formula is C14H17BrO3. The Morgan fingerprint density at radius 3 is 2.50 bits per heavy atom. The van der Waals surface area contributed by atoms with Crippen molar-refractivity contribution < 1.29 is 14.3 Å². The van der Waals surface area contributed by atoms with Crippen LogP contribution in [0.5, 0.6) is 0 Å². The average Bonchev–Trinajstić information content (AvgIpc) is 2.38. The molecule has 0 N–H and O–H groups in total. The number of carbonyl (C=O) groups is 2. The van der Waals surface area contributed by atoms with Gasteiger partial charge in [0.2, 0.25) is 0 Å². The third-order valence-corrected chi connectivity index (χ3v) is 3.01. The highest BCUT2D eigenvalue weighted by molar-refractivity contribution is 9.09. The highest BCUT2D eigenvalue weighted by Gasteiger charge is 2.17. The molecule has 0 heterocycles. The van der Waals surface area contributed by atoms with Gasteiger partial charge in [0.15, 0.2) is 5.78 Å². The summed E-state index contributed by atoms with van der Waals surface area (Å²) in [6.45, 7) is 4.06. The van der Waals surface area contributed by atoms with E-state index >= 15 is 0 Å². The second-order valence-electron chi connectivity index (χ2n) is 3.82. The summed E-state index contributed by atoms with van der Waals surface area (Å²) in [5.74, 6) is -0.469. The fraction of sp³-hybridized carbons (Fsp3) is 0.429. The van der Waals surface area contributed by atoms with E-state index in [1.807, 2.05) is 13.0 Å². The van der Waals surface area contributed by atoms with Crippen LogP contribution in [0, 0.1) is 0 Å². The Morgan fingerprint density at radius 2 is 1.94 bits per heavy atom. The van der Waals surface area contributed by atoms with Crippen LogP contribution in [0.15, 0.2) is 18.2 Å². The number of carbonyl (C=O) groups excluding carboxylic acids is 2. The highest BCUT2D eigenvalue weighted by Crippen LogP contribution is 2.16. The molecule has 0 unspecified atom stereocenters. The van der Waals surface area contributed by atoms with Crippen LogP contribution in [-0.4, -0.2) is 23.7 Å². The summed E-state index contributed by atoms with van der Waals surface area (Å²) in [7, 11) is 0. The summed E-state index contributed by atoms with van der Waals surface area (Å²) in [5, 5.41) is 0.587. The van der Waals surface area contributed by atoms with Gasteiger partial charge in [-0.3, -0.25) is 4.79 Å². The zero-order valence-corrected chi connectivity index (χ0v) is 12.2. The van der Waals surface area contributed by atoms with Crippen molar-refractivity contribution in [1.82, 2.24) is 0 Å². The molecule has 1 aromatic carbocycles. The molecule has 3 nitrogen and oxygen atoms in total. The molecular weight excluding hydrogens is 296 g/mol. The molecule has 0 atom stereocenters. The summed E-state index contributed by atoms with van der Waals surface area (Å²) in [4.78, 5) is 23.8. The van der Waals surface area contributed by atoms with Gasteiger partial charge in [0.1, 0.15) is 0 Å². The molecule has 0 spiro atoms. The highest BCUT2D eigenvalue weighted by atomic mass is 79.9. The number of hydrogen-bond donors (Lipinski definition) is 0. The van der Waals surface area contributed by atoms with Gasteiger partial charge in [-0.2, -0.15) is 0 Å². The van der Waals surface area contributed by atoms with Gasteiger partial charge in [0.25, 0.3) is 0 Å². The minimum absolute atomic E-state index is 0.0439. The SMILES string of the molecule is CCOC(=O)c1cc(CC)ccc1C(=O)CCBr. The van der Waals surface area contributed by atoms with Gasteiger partial charge in [-0.1, -0.05) is 35.0 Å². The number of rotatable bonds is 6. The van der Waals surface area contributed by atoms with E-state index in [1.165, 1.54) is 0 Å². The van der Waals surface area contributed by atoms with Crippen LogP contribution in [0.2, 0.25) is 0 Å². The Hall–Kier alpha value is -1.16. The Bertz CT molecular complexity index is 441. The largest absolute Gasteiger partial charge is 0.462 e. The molecule has 1 aromatic rings. The molecule has 0 aromatic heterocycles. The van der Waals surface area contributed by atoms with Crippen molar-refractivity contribution in [2.45, 2.75) is 26.7 Å². The summed E-state index contributed by atoms with van der Waals surface area (Å²) in [6.07, 6.45) is 1.19. The van der Waals surface area contributed by atoms with Crippen molar-refractivity contribution in [3.8, 4) is 0 Å². The number of ketones is 1. The van der Waals surface area contributed by atoms with Gasteiger partial charge < -0.3 is 4.74 Å². The Kier molecular flexibility index (Phi) is 6.05. The molecule has 0 saturated heterocycles. The topological polar surface area (TPSA) is 43.4 Å². The first kappa shape index (κ1) is 14.9. The lowest BCUT2D eigenvalue weighted by molar-refractivity contribution is 0.0523. The third-order valence-electron chi connectivity index (χ3n) is 2.61. The van der Waals surface area contributed by atoms with E-state index in [1.54, 1.807) is 19.1 Å². The van der Waals surface area contributed by atoms with E-state index in [4.69, 9.17) is 4.74 Å². The van der Waals surface area contributed by atoms with E-state index in [0.29, 0.717) is 29.5 Å². The first-order valence-corrected chi connectivity index (χ1v) is 7.15. The van der Waals surface area contributed by atoms with E-state index < -0.39 is 5.97 Å². The van der Waals surface area contributed by atoms with E-state index in [2.05, 4.69) is 15.9 Å². The van der Waals surface area contributed by atoms with Crippen LogP contribution in [0.1, 0.15) is 46.5 Å². The van der Waals surface area contributed by atoms with Crippen molar-refractivity contribution in [3.05, 3.63) is 34.9 Å². The van der Waals surface area contributed by atoms with Crippen LogP contribution < -0.4 is 0 Å². The fourth-order valence-corrected chi connectivity index (χ4v) is 2.01. The summed E-state index contributed by atoms with van der Waals surface area (Å²) < 4.78 is 4.99. The molecule has 98 valence electrons. The van der Waals surface area contributed by atoms with E-state index in [9.17, 15) is 9.59 Å². The summed E-state index contributed by atoms with van der Waals surface area (Å²) in [6, 6.07) is 5.35. The summed E-state index contributed by atoms with van der Waals surface area (Å²) in [5.41, 5.74) is 1.85. The van der Waals surface area contributed by atoms with Gasteiger partial charge in [-0.25, -0.2) is 4.79 Å². The second kappa shape index (κ2) is 7.31.